The Morgan fingerprint density at radius 1 is 1.15 bits per heavy atom. The molecule has 0 aliphatic rings. The molecule has 0 atom stereocenters. The molecule has 0 amide bonds. The molecule has 0 saturated carbocycles. The Morgan fingerprint density at radius 3 is 2.38 bits per heavy atom. The third-order valence-electron chi connectivity index (χ3n) is 1.01. The van der Waals surface area contributed by atoms with Gasteiger partial charge in [-0.15, -0.1) is 0 Å². The maximum absolute atomic E-state index is 10.4. The highest BCUT2D eigenvalue weighted by atomic mass is 16.4. The minimum Gasteiger partial charge on any atom is -0.545 e. The summed E-state index contributed by atoms with van der Waals surface area (Å²) >= 11 is 0. The molecule has 3 heteroatoms. The van der Waals surface area contributed by atoms with E-state index in [1.54, 1.807) is 18.6 Å². The van der Waals surface area contributed by atoms with E-state index in [0.717, 1.165) is 6.08 Å². The molecule has 0 aromatic rings. The van der Waals surface area contributed by atoms with Crippen LogP contribution in [0.3, 0.4) is 0 Å². The Balaban J connectivity index is 3.65. The topological polar surface area (TPSA) is 57.2 Å². The average Bonchev–Trinajstić information content (AvgIpc) is 2.01. The van der Waals surface area contributed by atoms with Gasteiger partial charge in [0.2, 0.25) is 5.78 Å². The first-order valence-corrected chi connectivity index (χ1v) is 3.69. The van der Waals surface area contributed by atoms with Gasteiger partial charge in [-0.05, 0) is 12.2 Å². The third-order valence-corrected chi connectivity index (χ3v) is 1.01. The number of aliphatic carboxylic acids is 1. The summed E-state index contributed by atoms with van der Waals surface area (Å²) in [6.45, 7) is 1.45. The fourth-order valence-electron chi connectivity index (χ4n) is 0.518. The van der Waals surface area contributed by atoms with Crippen molar-refractivity contribution >= 4 is 11.8 Å². The van der Waals surface area contributed by atoms with Crippen LogP contribution in [0.15, 0.2) is 36.5 Å². The summed E-state index contributed by atoms with van der Waals surface area (Å²) in [5.41, 5.74) is 0. The van der Waals surface area contributed by atoms with Crippen molar-refractivity contribution in [1.29, 1.82) is 0 Å². The minimum atomic E-state index is -1.23. The lowest BCUT2D eigenvalue weighted by Crippen LogP contribution is -2.18. The highest BCUT2D eigenvalue weighted by Gasteiger charge is 1.85. The van der Waals surface area contributed by atoms with Crippen molar-refractivity contribution in [2.75, 3.05) is 0 Å². The standard InChI is InChI=1S/C10H10O3/c1-9(11)7-5-3-2-4-6-8-10(12)13/h2-8H,1H3/b4-2+,7-5?,8-6?. The van der Waals surface area contributed by atoms with Crippen molar-refractivity contribution < 1.29 is 14.7 Å². The molecule has 68 valence electrons. The average molecular weight is 178 g/mol. The predicted octanol–water partition coefficient (Wildman–Crippen LogP) is 0.198. The van der Waals surface area contributed by atoms with E-state index in [0.29, 0.717) is 0 Å². The molecule has 0 rings (SSSR count). The highest BCUT2D eigenvalue weighted by molar-refractivity contribution is 5.87. The van der Waals surface area contributed by atoms with Crippen LogP contribution in [0.5, 0.6) is 0 Å². The SMILES string of the molecule is CC(=O)C=C[CH+]/C=C/C=CC(=O)[O-]. The summed E-state index contributed by atoms with van der Waals surface area (Å²) in [7, 11) is 0. The molecule has 0 aliphatic heterocycles. The molecule has 0 aromatic carbocycles. The van der Waals surface area contributed by atoms with Crippen LogP contribution < -0.4 is 5.11 Å². The number of allylic oxidation sites excluding steroid dienone is 5. The van der Waals surface area contributed by atoms with Gasteiger partial charge < -0.3 is 9.90 Å². The molecule has 0 radical (unpaired) electrons. The van der Waals surface area contributed by atoms with Crippen LogP contribution >= 0.6 is 0 Å². The number of carboxylic acid groups (broad SMARTS) is 1. The molecule has 0 aromatic heterocycles. The van der Waals surface area contributed by atoms with Gasteiger partial charge in [-0.25, -0.2) is 0 Å². The summed E-state index contributed by atoms with van der Waals surface area (Å²) in [5, 5.41) is 9.88. The van der Waals surface area contributed by atoms with Gasteiger partial charge in [-0.2, -0.15) is 0 Å². The lowest BCUT2D eigenvalue weighted by Gasteiger charge is -1.83. The van der Waals surface area contributed by atoms with Crippen LogP contribution in [0, 0.1) is 6.42 Å². The van der Waals surface area contributed by atoms with Crippen LogP contribution in [0.4, 0.5) is 0 Å². The van der Waals surface area contributed by atoms with E-state index in [1.165, 1.54) is 25.2 Å². The fourth-order valence-corrected chi connectivity index (χ4v) is 0.518. The molecular weight excluding hydrogens is 168 g/mol. The Bertz CT molecular complexity index is 259. The summed E-state index contributed by atoms with van der Waals surface area (Å²) in [5.74, 6) is -1.26. The second kappa shape index (κ2) is 6.91. The lowest BCUT2D eigenvalue weighted by atomic mass is 10.3. The van der Waals surface area contributed by atoms with Crippen LogP contribution in [0.1, 0.15) is 6.92 Å². The normalized spacial score (nSPS) is 11.5. The molecule has 0 aliphatic carbocycles. The van der Waals surface area contributed by atoms with Crippen LogP contribution in [0.2, 0.25) is 0 Å². The number of hydrogen-bond acceptors (Lipinski definition) is 3. The van der Waals surface area contributed by atoms with Crippen molar-refractivity contribution in [3.05, 3.63) is 42.9 Å². The second-order valence-electron chi connectivity index (χ2n) is 2.23. The van der Waals surface area contributed by atoms with Gasteiger partial charge in [0.1, 0.15) is 0 Å². The fraction of sp³-hybridized carbons (Fsp3) is 0.100. The number of rotatable bonds is 5. The number of carbonyl (C=O) groups is 2. The van der Waals surface area contributed by atoms with Crippen LogP contribution in [-0.4, -0.2) is 11.8 Å². The van der Waals surface area contributed by atoms with Gasteiger partial charge in [0.25, 0.3) is 0 Å². The van der Waals surface area contributed by atoms with E-state index in [4.69, 9.17) is 0 Å². The van der Waals surface area contributed by atoms with Gasteiger partial charge in [-0.1, -0.05) is 0 Å². The van der Waals surface area contributed by atoms with Crippen molar-refractivity contribution in [3.8, 4) is 0 Å². The van der Waals surface area contributed by atoms with E-state index >= 15 is 0 Å². The molecule has 0 saturated heterocycles. The van der Waals surface area contributed by atoms with Crippen LogP contribution in [-0.2, 0) is 9.59 Å². The first-order valence-electron chi connectivity index (χ1n) is 3.69. The zero-order chi connectivity index (χ0) is 10.1. The monoisotopic (exact) mass is 178 g/mol. The van der Waals surface area contributed by atoms with Gasteiger partial charge in [0.15, 0.2) is 0 Å². The molecule has 0 fully saturated rings. The van der Waals surface area contributed by atoms with E-state index in [9.17, 15) is 14.7 Å². The number of carboxylic acids is 1. The van der Waals surface area contributed by atoms with Gasteiger partial charge in [0, 0.05) is 25.5 Å². The van der Waals surface area contributed by atoms with E-state index in [-0.39, 0.29) is 5.78 Å². The van der Waals surface area contributed by atoms with Crippen molar-refractivity contribution in [2.24, 2.45) is 0 Å². The van der Waals surface area contributed by atoms with E-state index in [1.807, 2.05) is 0 Å². The molecule has 0 bridgehead atoms. The summed E-state index contributed by atoms with van der Waals surface area (Å²) < 4.78 is 0. The molecular formula is C10H10O3. The highest BCUT2D eigenvalue weighted by Crippen LogP contribution is 1.85. The van der Waals surface area contributed by atoms with Crippen molar-refractivity contribution in [2.45, 2.75) is 6.92 Å². The Hall–Kier alpha value is -1.77. The number of hydrogen-bond donors (Lipinski definition) is 0. The van der Waals surface area contributed by atoms with Gasteiger partial charge in [0.05, 0.1) is 18.1 Å². The van der Waals surface area contributed by atoms with E-state index < -0.39 is 5.97 Å². The van der Waals surface area contributed by atoms with E-state index in [2.05, 4.69) is 0 Å². The quantitative estimate of drug-likeness (QED) is 0.343. The molecule has 0 spiro atoms. The van der Waals surface area contributed by atoms with Gasteiger partial charge >= 0.3 is 0 Å². The Kier molecular flexibility index (Phi) is 5.97. The first-order chi connectivity index (χ1) is 6.13. The summed E-state index contributed by atoms with van der Waals surface area (Å²) in [6.07, 6.45) is 10.0. The smallest absolute Gasteiger partial charge is 0.205 e. The van der Waals surface area contributed by atoms with Crippen molar-refractivity contribution in [1.82, 2.24) is 0 Å². The summed E-state index contributed by atoms with van der Waals surface area (Å²) in [6, 6.07) is 0. The van der Waals surface area contributed by atoms with Crippen molar-refractivity contribution in [3.63, 3.8) is 0 Å². The largest absolute Gasteiger partial charge is 0.545 e. The lowest BCUT2D eigenvalue weighted by molar-refractivity contribution is -0.297. The molecule has 3 nitrogen and oxygen atoms in total. The Labute approximate surface area is 77.1 Å². The minimum absolute atomic E-state index is 0.0325. The number of carbonyl (C=O) groups excluding carboxylic acids is 2. The van der Waals surface area contributed by atoms with Gasteiger partial charge in [-0.3, -0.25) is 4.79 Å². The predicted molar refractivity (Wildman–Crippen MR) is 47.4 cm³/mol. The molecule has 13 heavy (non-hydrogen) atoms. The third kappa shape index (κ3) is 10.2. The first kappa shape index (κ1) is 11.2. The molecule has 0 unspecified atom stereocenters. The second-order valence-corrected chi connectivity index (χ2v) is 2.23. The maximum Gasteiger partial charge on any atom is 0.205 e. The maximum atomic E-state index is 10.4. The van der Waals surface area contributed by atoms with Crippen LogP contribution in [0.25, 0.3) is 0 Å². The summed E-state index contributed by atoms with van der Waals surface area (Å²) in [4.78, 5) is 20.3. The molecule has 0 N–H and O–H groups in total. The Morgan fingerprint density at radius 2 is 1.85 bits per heavy atom. The zero-order valence-electron chi connectivity index (χ0n) is 7.27. The zero-order valence-corrected chi connectivity index (χ0v) is 7.27. The number of ketones is 1. The molecule has 0 heterocycles.